The zero-order valence-corrected chi connectivity index (χ0v) is 60.7. The van der Waals surface area contributed by atoms with Crippen LogP contribution < -0.4 is 26.2 Å². The van der Waals surface area contributed by atoms with Crippen molar-refractivity contribution in [3.8, 4) is 55.6 Å². The smallest absolute Gasteiger partial charge is 0.252 e. The van der Waals surface area contributed by atoms with Crippen molar-refractivity contribution >= 4 is 62.8 Å². The zero-order chi connectivity index (χ0) is 68.8. The highest BCUT2D eigenvalue weighted by molar-refractivity contribution is 7.00. The molecule has 0 fully saturated rings. The Morgan fingerprint density at radius 1 is 0.343 bits per heavy atom. The molecule has 3 atom stereocenters. The molecular weight excluding hydrogens is 1190 g/mol. The van der Waals surface area contributed by atoms with E-state index in [0.29, 0.717) is 11.8 Å². The molecule has 10 aromatic rings. The Balaban J connectivity index is 1.09. The third kappa shape index (κ3) is 11.1. The molecule has 6 aliphatic rings. The van der Waals surface area contributed by atoms with Gasteiger partial charge in [0.25, 0.3) is 6.71 Å². The highest BCUT2D eigenvalue weighted by Gasteiger charge is 2.49. The maximum Gasteiger partial charge on any atom is 0.252 e. The van der Waals surface area contributed by atoms with Crippen LogP contribution in [-0.2, 0) is 16.2 Å². The van der Waals surface area contributed by atoms with Gasteiger partial charge in [0.2, 0.25) is 0 Å². The SMILES string of the molecule is CC(C)(C)C1=CC2=C(c3ccc4c(c3)B3c5cc(-c6ccccc6)ccc5N(c5c(-c6ccccc6)cc(C(C)(C)C)cc5-c5ccccc5)c5cc(C(C)(C)C)cc(c53)N4c3c(-c4ccccc4)cc(C(C)(C)C)cc3-c3ccccc3)C=C3C=C(C(C)(C)C)CC4C=CC(=C1)C2C34. The molecule has 0 bridgehead atoms. The second-order valence-electron chi connectivity index (χ2n) is 34.2. The lowest BCUT2D eigenvalue weighted by Crippen LogP contribution is -2.61. The summed E-state index contributed by atoms with van der Waals surface area (Å²) in [5.41, 5.74) is 36.0. The van der Waals surface area contributed by atoms with Crippen molar-refractivity contribution in [2.75, 3.05) is 9.80 Å². The van der Waals surface area contributed by atoms with Gasteiger partial charge in [-0.1, -0.05) is 322 Å². The molecule has 0 saturated heterocycles. The van der Waals surface area contributed by atoms with E-state index in [9.17, 15) is 0 Å². The van der Waals surface area contributed by atoms with Gasteiger partial charge in [0, 0.05) is 56.8 Å². The summed E-state index contributed by atoms with van der Waals surface area (Å²) in [6, 6.07) is 86.6. The van der Waals surface area contributed by atoms with Crippen LogP contribution in [-0.4, -0.2) is 6.71 Å². The van der Waals surface area contributed by atoms with Crippen LogP contribution >= 0.6 is 0 Å². The summed E-state index contributed by atoms with van der Waals surface area (Å²) in [6.45, 7) is 35.6. The minimum absolute atomic E-state index is 0.0422. The molecule has 0 N–H and O–H groups in total. The molecular formula is C96H93BN2. The normalized spacial score (nSPS) is 17.8. The van der Waals surface area contributed by atoms with Crippen molar-refractivity contribution in [1.29, 1.82) is 0 Å². The minimum Gasteiger partial charge on any atom is -0.310 e. The molecule has 0 radical (unpaired) electrons. The Morgan fingerprint density at radius 3 is 1.16 bits per heavy atom. The molecule has 0 aromatic heterocycles. The number of allylic oxidation sites excluding steroid dienone is 12. The second-order valence-corrected chi connectivity index (χ2v) is 34.2. The molecule has 2 heterocycles. The lowest BCUT2D eigenvalue weighted by atomic mass is 9.33. The monoisotopic (exact) mass is 1280 g/mol. The van der Waals surface area contributed by atoms with Crippen molar-refractivity contribution in [2.45, 2.75) is 127 Å². The first kappa shape index (κ1) is 64.0. The van der Waals surface area contributed by atoms with E-state index in [1.54, 1.807) is 0 Å². The molecule has 99 heavy (non-hydrogen) atoms. The van der Waals surface area contributed by atoms with Crippen LogP contribution in [0.3, 0.4) is 0 Å². The Kier molecular flexibility index (Phi) is 15.2. The molecule has 2 aliphatic heterocycles. The fourth-order valence-corrected chi connectivity index (χ4v) is 16.9. The molecule has 0 spiro atoms. The summed E-state index contributed by atoms with van der Waals surface area (Å²) < 4.78 is 0. The number of rotatable bonds is 8. The Bertz CT molecular complexity index is 4960. The first-order valence-electron chi connectivity index (χ1n) is 36.3. The molecule has 0 saturated carbocycles. The van der Waals surface area contributed by atoms with E-state index >= 15 is 0 Å². The van der Waals surface area contributed by atoms with Crippen molar-refractivity contribution in [3.05, 3.63) is 311 Å². The van der Waals surface area contributed by atoms with Crippen LogP contribution in [0.2, 0.25) is 0 Å². The summed E-state index contributed by atoms with van der Waals surface area (Å²) in [4.78, 5) is 5.49. The standard InChI is InChI=1S/C96H93BN2/c1-92(2,3)70-47-67-41-42-68-48-71(93(4,5)6)57-80-75(50-69(49-70)87(67)88(68)80)66-44-46-84-82(52-66)97-81-51-65(60-31-21-16-22-32-60)43-45-83(81)98(90-76(61-33-23-17-24-34-61)53-72(94(7,8)9)54-77(90)62-35-25-18-26-36-62)85-58-74(96(13,14)15)59-86(89(85)97)99(84)91-78(63-37-27-19-28-38-63)55-73(95(10,11)12)56-79(91)64-39-29-20-30-40-64/h16-46,48-59,67,87-88H,47H2,1-15H3. The van der Waals surface area contributed by atoms with E-state index in [1.165, 1.54) is 162 Å². The van der Waals surface area contributed by atoms with E-state index in [2.05, 4.69) is 375 Å². The number of hydrogen-bond acceptors (Lipinski definition) is 2. The van der Waals surface area contributed by atoms with Gasteiger partial charge in [0.15, 0.2) is 0 Å². The van der Waals surface area contributed by atoms with E-state index in [1.807, 2.05) is 0 Å². The fraction of sp³-hybridized carbons (Fsp3) is 0.250. The predicted octanol–water partition coefficient (Wildman–Crippen LogP) is 24.4. The lowest BCUT2D eigenvalue weighted by molar-refractivity contribution is 0.328. The molecule has 490 valence electrons. The highest BCUT2D eigenvalue weighted by atomic mass is 15.2. The van der Waals surface area contributed by atoms with Gasteiger partial charge in [-0.3, -0.25) is 0 Å². The van der Waals surface area contributed by atoms with Gasteiger partial charge in [0.05, 0.1) is 11.4 Å². The van der Waals surface area contributed by atoms with Gasteiger partial charge in [-0.2, -0.15) is 0 Å². The van der Waals surface area contributed by atoms with Crippen molar-refractivity contribution < 1.29 is 0 Å². The molecule has 10 aromatic carbocycles. The number of benzene rings is 10. The lowest BCUT2D eigenvalue weighted by Gasteiger charge is -2.48. The zero-order valence-electron chi connectivity index (χ0n) is 60.7. The number of fused-ring (bicyclic) bond motifs is 4. The van der Waals surface area contributed by atoms with Crippen LogP contribution in [0, 0.1) is 28.6 Å². The minimum atomic E-state index is -0.276. The van der Waals surface area contributed by atoms with Crippen LogP contribution in [0.1, 0.15) is 133 Å². The molecule has 3 unspecified atom stereocenters. The third-order valence-corrected chi connectivity index (χ3v) is 22.4. The van der Waals surface area contributed by atoms with Gasteiger partial charge in [0.1, 0.15) is 0 Å². The maximum atomic E-state index is 2.76. The largest absolute Gasteiger partial charge is 0.310 e. The fourth-order valence-electron chi connectivity index (χ4n) is 16.9. The Labute approximate surface area is 590 Å². The average Bonchev–Trinajstić information content (AvgIpc) is 0.689. The molecule has 16 rings (SSSR count). The number of anilines is 6. The third-order valence-electron chi connectivity index (χ3n) is 22.4. The summed E-state index contributed by atoms with van der Waals surface area (Å²) in [5.74, 6) is 1.05. The van der Waals surface area contributed by atoms with Crippen molar-refractivity contribution in [3.63, 3.8) is 0 Å². The van der Waals surface area contributed by atoms with Crippen LogP contribution in [0.4, 0.5) is 34.1 Å². The van der Waals surface area contributed by atoms with Crippen molar-refractivity contribution in [1.82, 2.24) is 0 Å². The van der Waals surface area contributed by atoms with Crippen LogP contribution in [0.25, 0.3) is 61.2 Å². The number of hydrogen-bond donors (Lipinski definition) is 0. The van der Waals surface area contributed by atoms with Gasteiger partial charge >= 0.3 is 0 Å². The summed E-state index contributed by atoms with van der Waals surface area (Å²) >= 11 is 0. The van der Waals surface area contributed by atoms with E-state index in [0.717, 1.165) is 6.42 Å². The van der Waals surface area contributed by atoms with Gasteiger partial charge in [-0.25, -0.2) is 0 Å². The Morgan fingerprint density at radius 2 is 0.747 bits per heavy atom. The van der Waals surface area contributed by atoms with Gasteiger partial charge in [-0.15, -0.1) is 0 Å². The molecule has 4 aliphatic carbocycles. The van der Waals surface area contributed by atoms with E-state index in [-0.39, 0.29) is 39.7 Å². The average molecular weight is 1290 g/mol. The Hall–Kier alpha value is -9.70. The van der Waals surface area contributed by atoms with Crippen LogP contribution in [0.5, 0.6) is 0 Å². The summed E-state index contributed by atoms with van der Waals surface area (Å²) in [7, 11) is 0. The van der Waals surface area contributed by atoms with Crippen molar-refractivity contribution in [2.24, 2.45) is 28.6 Å². The molecule has 2 nitrogen and oxygen atoms in total. The van der Waals surface area contributed by atoms with Gasteiger partial charge < -0.3 is 9.80 Å². The predicted molar refractivity (Wildman–Crippen MR) is 426 cm³/mol. The van der Waals surface area contributed by atoms with Gasteiger partial charge in [-0.05, 0) is 188 Å². The first-order valence-corrected chi connectivity index (χ1v) is 36.3. The summed E-state index contributed by atoms with van der Waals surface area (Å²) in [6.07, 6.45) is 16.6. The maximum absolute atomic E-state index is 2.76. The topological polar surface area (TPSA) is 6.48 Å². The van der Waals surface area contributed by atoms with Crippen LogP contribution in [0.15, 0.2) is 289 Å². The number of nitrogens with zero attached hydrogens (tertiary/aromatic N) is 2. The highest BCUT2D eigenvalue weighted by Crippen LogP contribution is 2.59. The molecule has 3 heteroatoms. The quantitative estimate of drug-likeness (QED) is 0.140. The van der Waals surface area contributed by atoms with E-state index < -0.39 is 0 Å². The first-order chi connectivity index (χ1) is 47.3. The summed E-state index contributed by atoms with van der Waals surface area (Å²) in [5, 5.41) is 0. The molecule has 0 amide bonds. The second kappa shape index (κ2) is 23.5. The van der Waals surface area contributed by atoms with E-state index in [4.69, 9.17) is 0 Å².